The third-order valence-corrected chi connectivity index (χ3v) is 4.27. The highest BCUT2D eigenvalue weighted by atomic mass is 16.4. The zero-order valence-electron chi connectivity index (χ0n) is 14.0. The Morgan fingerprint density at radius 2 is 1.76 bits per heavy atom. The van der Waals surface area contributed by atoms with E-state index in [9.17, 15) is 9.90 Å². The van der Waals surface area contributed by atoms with E-state index in [0.29, 0.717) is 5.56 Å². The largest absolute Gasteiger partial charge is 0.478 e. The lowest BCUT2D eigenvalue weighted by Crippen LogP contribution is -2.14. The summed E-state index contributed by atoms with van der Waals surface area (Å²) in [5.41, 5.74) is 4.57. The topological polar surface area (TPSA) is 42.2 Å². The molecule has 0 aliphatic heterocycles. The molecule has 114 valence electrons. The molecule has 0 atom stereocenters. The number of benzene rings is 1. The number of aromatic carboxylic acids is 1. The van der Waals surface area contributed by atoms with Gasteiger partial charge >= 0.3 is 5.97 Å². The van der Waals surface area contributed by atoms with Crippen molar-refractivity contribution in [1.29, 1.82) is 0 Å². The van der Waals surface area contributed by atoms with Gasteiger partial charge in [-0.15, -0.1) is 0 Å². The van der Waals surface area contributed by atoms with Gasteiger partial charge in [0.1, 0.15) is 0 Å². The Labute approximate surface area is 126 Å². The molecule has 1 aromatic heterocycles. The first kappa shape index (κ1) is 15.6. The Bertz CT molecular complexity index is 715. The number of hydrogen-bond donors (Lipinski definition) is 1. The second-order valence-electron chi connectivity index (χ2n) is 7.15. The average molecular weight is 287 g/mol. The van der Waals surface area contributed by atoms with Gasteiger partial charge in [0.15, 0.2) is 0 Å². The second-order valence-corrected chi connectivity index (χ2v) is 7.15. The molecule has 0 saturated heterocycles. The number of carboxylic acids is 1. The summed E-state index contributed by atoms with van der Waals surface area (Å²) < 4.78 is 2.14. The molecule has 0 saturated carbocycles. The molecule has 3 nitrogen and oxygen atoms in total. The van der Waals surface area contributed by atoms with Crippen LogP contribution in [0.25, 0.3) is 10.9 Å². The first-order chi connectivity index (χ1) is 9.55. The zero-order valence-corrected chi connectivity index (χ0v) is 14.0. The van der Waals surface area contributed by atoms with Crippen molar-refractivity contribution in [2.24, 2.45) is 0 Å². The van der Waals surface area contributed by atoms with Crippen LogP contribution >= 0.6 is 0 Å². The van der Waals surface area contributed by atoms with Gasteiger partial charge in [0.05, 0.1) is 11.1 Å². The Balaban J connectivity index is 3.00. The van der Waals surface area contributed by atoms with E-state index in [0.717, 1.165) is 22.2 Å². The summed E-state index contributed by atoms with van der Waals surface area (Å²) in [5, 5.41) is 10.7. The fraction of sp³-hybridized carbons (Fsp3) is 0.500. The molecule has 0 bridgehead atoms. The summed E-state index contributed by atoms with van der Waals surface area (Å²) in [6, 6.07) is 4.23. The van der Waals surface area contributed by atoms with Gasteiger partial charge in [0, 0.05) is 17.1 Å². The number of hydrogen-bond acceptors (Lipinski definition) is 1. The van der Waals surface area contributed by atoms with Crippen molar-refractivity contribution >= 4 is 16.9 Å². The van der Waals surface area contributed by atoms with Crippen LogP contribution in [0.2, 0.25) is 0 Å². The van der Waals surface area contributed by atoms with Gasteiger partial charge in [-0.1, -0.05) is 20.8 Å². The predicted octanol–water partition coefficient (Wildman–Crippen LogP) is 4.83. The Morgan fingerprint density at radius 1 is 1.19 bits per heavy atom. The quantitative estimate of drug-likeness (QED) is 0.859. The predicted molar refractivity (Wildman–Crippen MR) is 87.5 cm³/mol. The summed E-state index contributed by atoms with van der Waals surface area (Å²) in [6.45, 7) is 14.7. The van der Waals surface area contributed by atoms with Crippen LogP contribution in [-0.4, -0.2) is 15.6 Å². The highest BCUT2D eigenvalue weighted by molar-refractivity contribution is 6.04. The molecule has 0 amide bonds. The number of aromatic nitrogens is 1. The summed E-state index contributed by atoms with van der Waals surface area (Å²) >= 11 is 0. The minimum absolute atomic E-state index is 0.0708. The van der Waals surface area contributed by atoms with Gasteiger partial charge in [-0.05, 0) is 56.4 Å². The van der Waals surface area contributed by atoms with E-state index in [1.807, 2.05) is 6.07 Å². The molecule has 0 aliphatic rings. The number of fused-ring (bicyclic) bond motifs is 1. The number of carboxylic acid groups (broad SMARTS) is 1. The van der Waals surface area contributed by atoms with Crippen molar-refractivity contribution in [2.75, 3.05) is 0 Å². The second kappa shape index (κ2) is 4.90. The van der Waals surface area contributed by atoms with Crippen LogP contribution in [0.4, 0.5) is 0 Å². The molecule has 1 N–H and O–H groups in total. The third kappa shape index (κ3) is 2.45. The van der Waals surface area contributed by atoms with Gasteiger partial charge in [-0.3, -0.25) is 0 Å². The minimum Gasteiger partial charge on any atom is -0.478 e. The maximum atomic E-state index is 11.8. The Kier molecular flexibility index (Phi) is 3.64. The standard InChI is InChI=1S/C18H25NO2/c1-10(2)19-12(4)11(3)14-8-13(18(5,6)7)9-15(16(14)19)17(20)21/h8-10H,1-7H3,(H,20,21). The lowest BCUT2D eigenvalue weighted by Gasteiger charge is -2.21. The van der Waals surface area contributed by atoms with E-state index in [4.69, 9.17) is 0 Å². The van der Waals surface area contributed by atoms with Crippen LogP contribution < -0.4 is 0 Å². The van der Waals surface area contributed by atoms with Crippen molar-refractivity contribution in [2.45, 2.75) is 59.9 Å². The highest BCUT2D eigenvalue weighted by Gasteiger charge is 2.24. The maximum Gasteiger partial charge on any atom is 0.337 e. The molecule has 21 heavy (non-hydrogen) atoms. The number of nitrogens with zero attached hydrogens (tertiary/aromatic N) is 1. The molecular weight excluding hydrogens is 262 g/mol. The van der Waals surface area contributed by atoms with Gasteiger partial charge in [0.2, 0.25) is 0 Å². The van der Waals surface area contributed by atoms with Crippen molar-refractivity contribution < 1.29 is 9.90 Å². The highest BCUT2D eigenvalue weighted by Crippen LogP contribution is 2.35. The number of aryl methyl sites for hydroxylation is 1. The molecular formula is C18H25NO2. The molecule has 0 fully saturated rings. The van der Waals surface area contributed by atoms with Gasteiger partial charge < -0.3 is 9.67 Å². The number of rotatable bonds is 2. The van der Waals surface area contributed by atoms with Crippen LogP contribution in [0.3, 0.4) is 0 Å². The summed E-state index contributed by atoms with van der Waals surface area (Å²) in [7, 11) is 0. The summed E-state index contributed by atoms with van der Waals surface area (Å²) in [4.78, 5) is 11.8. The van der Waals surface area contributed by atoms with Crippen molar-refractivity contribution in [3.63, 3.8) is 0 Å². The molecule has 0 radical (unpaired) electrons. The van der Waals surface area contributed by atoms with E-state index in [1.54, 1.807) is 0 Å². The van der Waals surface area contributed by atoms with Crippen LogP contribution in [0.1, 0.15) is 67.8 Å². The lowest BCUT2D eigenvalue weighted by atomic mass is 9.85. The van der Waals surface area contributed by atoms with E-state index in [2.05, 4.69) is 59.1 Å². The SMILES string of the molecule is Cc1c(C)n(C(C)C)c2c(C(=O)O)cc(C(C)(C)C)cc12. The minimum atomic E-state index is -0.856. The monoisotopic (exact) mass is 287 g/mol. The van der Waals surface area contributed by atoms with Gasteiger partial charge in [-0.25, -0.2) is 4.79 Å². The molecule has 0 spiro atoms. The van der Waals surface area contributed by atoms with E-state index in [1.165, 1.54) is 5.56 Å². The van der Waals surface area contributed by atoms with E-state index >= 15 is 0 Å². The normalized spacial score (nSPS) is 12.4. The zero-order chi connectivity index (χ0) is 16.1. The van der Waals surface area contributed by atoms with Crippen LogP contribution in [0.5, 0.6) is 0 Å². The van der Waals surface area contributed by atoms with Gasteiger partial charge in [-0.2, -0.15) is 0 Å². The molecule has 0 aliphatic carbocycles. The number of carbonyl (C=O) groups is 1. The molecule has 2 aromatic rings. The van der Waals surface area contributed by atoms with Crippen LogP contribution in [-0.2, 0) is 5.41 Å². The molecule has 0 unspecified atom stereocenters. The van der Waals surface area contributed by atoms with Crippen molar-refractivity contribution in [3.05, 3.63) is 34.5 Å². The first-order valence-corrected chi connectivity index (χ1v) is 7.44. The molecule has 3 heteroatoms. The molecule has 1 heterocycles. The Hall–Kier alpha value is -1.77. The van der Waals surface area contributed by atoms with Crippen molar-refractivity contribution in [3.8, 4) is 0 Å². The average Bonchev–Trinajstić information content (AvgIpc) is 2.60. The van der Waals surface area contributed by atoms with E-state index in [-0.39, 0.29) is 11.5 Å². The van der Waals surface area contributed by atoms with E-state index < -0.39 is 5.97 Å². The fourth-order valence-corrected chi connectivity index (χ4v) is 2.96. The van der Waals surface area contributed by atoms with Crippen LogP contribution in [0.15, 0.2) is 12.1 Å². The maximum absolute atomic E-state index is 11.8. The fourth-order valence-electron chi connectivity index (χ4n) is 2.96. The smallest absolute Gasteiger partial charge is 0.337 e. The lowest BCUT2D eigenvalue weighted by molar-refractivity contribution is 0.0698. The summed E-state index contributed by atoms with van der Waals surface area (Å²) in [6.07, 6.45) is 0. The Morgan fingerprint density at radius 3 is 2.19 bits per heavy atom. The van der Waals surface area contributed by atoms with Gasteiger partial charge in [0.25, 0.3) is 0 Å². The molecule has 1 aromatic carbocycles. The molecule has 2 rings (SSSR count). The van der Waals surface area contributed by atoms with Crippen LogP contribution in [0, 0.1) is 13.8 Å². The van der Waals surface area contributed by atoms with Crippen molar-refractivity contribution in [1.82, 2.24) is 4.57 Å². The third-order valence-electron chi connectivity index (χ3n) is 4.27. The first-order valence-electron chi connectivity index (χ1n) is 7.44. The summed E-state index contributed by atoms with van der Waals surface area (Å²) in [5.74, 6) is -0.856.